The zero-order valence-corrected chi connectivity index (χ0v) is 12.5. The van der Waals surface area contributed by atoms with E-state index in [4.69, 9.17) is 4.74 Å². The Balaban J connectivity index is 2.17. The molecule has 0 fully saturated rings. The normalized spacial score (nSPS) is 11.7. The highest BCUT2D eigenvalue weighted by Gasteiger charge is 2.30. The van der Waals surface area contributed by atoms with Gasteiger partial charge in [-0.25, -0.2) is 14.8 Å². The highest BCUT2D eigenvalue weighted by atomic mass is 19.4. The van der Waals surface area contributed by atoms with E-state index in [1.165, 1.54) is 22.7 Å². The number of fused-ring (bicyclic) bond motifs is 1. The lowest BCUT2D eigenvalue weighted by Gasteiger charge is -2.08. The third-order valence-corrected chi connectivity index (χ3v) is 3.36. The van der Waals surface area contributed by atoms with Crippen LogP contribution in [0.4, 0.5) is 13.2 Å². The number of hydrogen-bond acceptors (Lipinski definition) is 4. The Morgan fingerprint density at radius 3 is 2.58 bits per heavy atom. The number of nitrogens with zero attached hydrogens (tertiary/aromatic N) is 3. The molecule has 0 radical (unpaired) electrons. The minimum absolute atomic E-state index is 0.00955. The van der Waals surface area contributed by atoms with Crippen molar-refractivity contribution in [2.24, 2.45) is 0 Å². The molecule has 8 heteroatoms. The van der Waals surface area contributed by atoms with Crippen molar-refractivity contribution >= 4 is 11.7 Å². The largest absolute Gasteiger partial charge is 0.461 e. The SMILES string of the molecule is CCOC(=O)c1nc2ncccn2c1-c1ccc(C(F)(F)F)cc1. The fraction of sp³-hybridized carbons (Fsp3) is 0.188. The van der Waals surface area contributed by atoms with Gasteiger partial charge in [0.25, 0.3) is 0 Å². The van der Waals surface area contributed by atoms with Crippen LogP contribution < -0.4 is 0 Å². The molecule has 0 aliphatic carbocycles. The van der Waals surface area contributed by atoms with Gasteiger partial charge in [-0.3, -0.25) is 4.40 Å². The topological polar surface area (TPSA) is 56.5 Å². The van der Waals surface area contributed by atoms with Gasteiger partial charge in [-0.15, -0.1) is 0 Å². The van der Waals surface area contributed by atoms with E-state index in [1.807, 2.05) is 0 Å². The number of halogens is 3. The van der Waals surface area contributed by atoms with Gasteiger partial charge >= 0.3 is 12.1 Å². The number of hydrogen-bond donors (Lipinski definition) is 0. The van der Waals surface area contributed by atoms with Gasteiger partial charge in [-0.2, -0.15) is 13.2 Å². The average molecular weight is 335 g/mol. The van der Waals surface area contributed by atoms with Crippen molar-refractivity contribution in [1.82, 2.24) is 14.4 Å². The molecule has 0 spiro atoms. The summed E-state index contributed by atoms with van der Waals surface area (Å²) in [5, 5.41) is 0. The van der Waals surface area contributed by atoms with Crippen LogP contribution in [0.5, 0.6) is 0 Å². The maximum absolute atomic E-state index is 12.7. The smallest absolute Gasteiger partial charge is 0.416 e. The second kappa shape index (κ2) is 5.95. The second-order valence-electron chi connectivity index (χ2n) is 4.89. The molecular formula is C16H12F3N3O2. The van der Waals surface area contributed by atoms with Crippen LogP contribution in [-0.4, -0.2) is 26.9 Å². The first-order valence-electron chi connectivity index (χ1n) is 7.09. The number of esters is 1. The van der Waals surface area contributed by atoms with Crippen molar-refractivity contribution in [2.75, 3.05) is 6.61 Å². The zero-order chi connectivity index (χ0) is 17.3. The lowest BCUT2D eigenvalue weighted by Crippen LogP contribution is -2.07. The highest BCUT2D eigenvalue weighted by Crippen LogP contribution is 2.32. The third-order valence-electron chi connectivity index (χ3n) is 3.36. The molecule has 2 heterocycles. The van der Waals surface area contributed by atoms with Crippen molar-refractivity contribution in [3.05, 3.63) is 54.0 Å². The van der Waals surface area contributed by atoms with Crippen LogP contribution in [0.25, 0.3) is 17.0 Å². The lowest BCUT2D eigenvalue weighted by atomic mass is 10.1. The van der Waals surface area contributed by atoms with E-state index in [0.717, 1.165) is 12.1 Å². The number of benzene rings is 1. The zero-order valence-electron chi connectivity index (χ0n) is 12.5. The Kier molecular flexibility index (Phi) is 3.96. The van der Waals surface area contributed by atoms with Crippen LogP contribution in [0.1, 0.15) is 23.0 Å². The minimum Gasteiger partial charge on any atom is -0.461 e. The molecular weight excluding hydrogens is 323 g/mol. The molecule has 124 valence electrons. The van der Waals surface area contributed by atoms with E-state index in [-0.39, 0.29) is 18.1 Å². The summed E-state index contributed by atoms with van der Waals surface area (Å²) in [6.45, 7) is 1.82. The fourth-order valence-electron chi connectivity index (χ4n) is 2.32. The molecule has 5 nitrogen and oxygen atoms in total. The maximum Gasteiger partial charge on any atom is 0.416 e. The van der Waals surface area contributed by atoms with Crippen LogP contribution in [0.2, 0.25) is 0 Å². The summed E-state index contributed by atoms with van der Waals surface area (Å²) < 4.78 is 44.7. The van der Waals surface area contributed by atoms with Crippen molar-refractivity contribution in [1.29, 1.82) is 0 Å². The molecule has 0 aliphatic heterocycles. The quantitative estimate of drug-likeness (QED) is 0.687. The first-order valence-corrected chi connectivity index (χ1v) is 7.09. The highest BCUT2D eigenvalue weighted by molar-refractivity contribution is 5.95. The molecule has 0 atom stereocenters. The standard InChI is InChI=1S/C16H12F3N3O2/c1-2-24-14(23)12-13(22-9-3-8-20-15(22)21-12)10-4-6-11(7-5-10)16(17,18)19/h3-9H,2H2,1H3. The van der Waals surface area contributed by atoms with Gasteiger partial charge in [0.15, 0.2) is 5.69 Å². The molecule has 2 aromatic heterocycles. The number of carbonyl (C=O) groups excluding carboxylic acids is 1. The van der Waals surface area contributed by atoms with Crippen LogP contribution in [0, 0.1) is 0 Å². The summed E-state index contributed by atoms with van der Waals surface area (Å²) in [5.41, 5.74) is -0.0111. The predicted octanol–water partition coefficient (Wildman–Crippen LogP) is 3.59. The minimum atomic E-state index is -4.43. The summed E-state index contributed by atoms with van der Waals surface area (Å²) in [6.07, 6.45) is -1.29. The summed E-state index contributed by atoms with van der Waals surface area (Å²) in [7, 11) is 0. The Hall–Kier alpha value is -2.90. The fourth-order valence-corrected chi connectivity index (χ4v) is 2.32. The number of imidazole rings is 1. The van der Waals surface area contributed by atoms with Crippen LogP contribution in [-0.2, 0) is 10.9 Å². The van der Waals surface area contributed by atoms with Gasteiger partial charge in [0, 0.05) is 18.0 Å². The molecule has 0 saturated carbocycles. The molecule has 0 bridgehead atoms. The van der Waals surface area contributed by atoms with E-state index in [2.05, 4.69) is 9.97 Å². The molecule has 3 rings (SSSR count). The van der Waals surface area contributed by atoms with Crippen molar-refractivity contribution < 1.29 is 22.7 Å². The molecule has 0 amide bonds. The summed E-state index contributed by atoms with van der Waals surface area (Å²) >= 11 is 0. The number of aromatic nitrogens is 3. The Bertz CT molecular complexity index is 886. The van der Waals surface area contributed by atoms with Gasteiger partial charge in [0.1, 0.15) is 0 Å². The Labute approximate surface area is 134 Å². The van der Waals surface area contributed by atoms with E-state index in [9.17, 15) is 18.0 Å². The maximum atomic E-state index is 12.7. The van der Waals surface area contributed by atoms with Gasteiger partial charge in [0.2, 0.25) is 5.78 Å². The average Bonchev–Trinajstić information content (AvgIpc) is 2.94. The lowest BCUT2D eigenvalue weighted by molar-refractivity contribution is -0.137. The second-order valence-corrected chi connectivity index (χ2v) is 4.89. The van der Waals surface area contributed by atoms with E-state index in [1.54, 1.807) is 19.2 Å². The van der Waals surface area contributed by atoms with E-state index < -0.39 is 17.7 Å². The van der Waals surface area contributed by atoms with Crippen molar-refractivity contribution in [2.45, 2.75) is 13.1 Å². The number of alkyl halides is 3. The number of ether oxygens (including phenoxy) is 1. The summed E-state index contributed by atoms with van der Waals surface area (Å²) in [5.74, 6) is -0.395. The predicted molar refractivity (Wildman–Crippen MR) is 79.4 cm³/mol. The Morgan fingerprint density at radius 2 is 1.96 bits per heavy atom. The molecule has 0 aliphatic rings. The van der Waals surface area contributed by atoms with Crippen molar-refractivity contribution in [3.8, 4) is 11.3 Å². The molecule has 0 N–H and O–H groups in total. The molecule has 3 aromatic rings. The van der Waals surface area contributed by atoms with Gasteiger partial charge in [0.05, 0.1) is 17.9 Å². The van der Waals surface area contributed by atoms with Crippen LogP contribution >= 0.6 is 0 Å². The number of carbonyl (C=O) groups is 1. The van der Waals surface area contributed by atoms with E-state index in [0.29, 0.717) is 11.3 Å². The summed E-state index contributed by atoms with van der Waals surface area (Å²) in [4.78, 5) is 20.3. The van der Waals surface area contributed by atoms with Crippen molar-refractivity contribution in [3.63, 3.8) is 0 Å². The molecule has 1 aromatic carbocycles. The van der Waals surface area contributed by atoms with Gasteiger partial charge in [-0.05, 0) is 25.1 Å². The van der Waals surface area contributed by atoms with Crippen LogP contribution in [0.3, 0.4) is 0 Å². The molecule has 0 unspecified atom stereocenters. The first kappa shape index (κ1) is 16.0. The monoisotopic (exact) mass is 335 g/mol. The van der Waals surface area contributed by atoms with Crippen LogP contribution in [0.15, 0.2) is 42.7 Å². The molecule has 24 heavy (non-hydrogen) atoms. The Morgan fingerprint density at radius 1 is 1.25 bits per heavy atom. The molecule has 0 saturated heterocycles. The van der Waals surface area contributed by atoms with Gasteiger partial charge in [-0.1, -0.05) is 12.1 Å². The van der Waals surface area contributed by atoms with Gasteiger partial charge < -0.3 is 4.74 Å². The number of rotatable bonds is 3. The summed E-state index contributed by atoms with van der Waals surface area (Å²) in [6, 6.07) is 6.14. The third kappa shape index (κ3) is 2.82. The van der Waals surface area contributed by atoms with E-state index >= 15 is 0 Å². The first-order chi connectivity index (χ1) is 11.4.